The van der Waals surface area contributed by atoms with Crippen LogP contribution in [0.5, 0.6) is 0 Å². The van der Waals surface area contributed by atoms with Crippen molar-refractivity contribution < 1.29 is 13.9 Å². The van der Waals surface area contributed by atoms with Crippen LogP contribution in [-0.2, 0) is 19.4 Å². The van der Waals surface area contributed by atoms with E-state index in [1.54, 1.807) is 4.68 Å². The van der Waals surface area contributed by atoms with Crippen LogP contribution in [-0.4, -0.2) is 26.0 Å². The predicted octanol–water partition coefficient (Wildman–Crippen LogP) is 2.36. The van der Waals surface area contributed by atoms with E-state index in [2.05, 4.69) is 23.9 Å². The van der Waals surface area contributed by atoms with Crippen molar-refractivity contribution in [3.05, 3.63) is 47.5 Å². The monoisotopic (exact) mass is 295 g/mol. The zero-order valence-corrected chi connectivity index (χ0v) is 12.1. The van der Waals surface area contributed by atoms with Crippen LogP contribution in [0.4, 0.5) is 8.78 Å². The van der Waals surface area contributed by atoms with E-state index in [0.29, 0.717) is 23.7 Å². The number of aliphatic hydroxyl groups excluding tert-OH is 1. The molecule has 1 unspecified atom stereocenters. The Bertz CT molecular complexity index is 598. The lowest BCUT2D eigenvalue weighted by Crippen LogP contribution is -2.19. The molecule has 6 heteroatoms. The van der Waals surface area contributed by atoms with Gasteiger partial charge in [-0.2, -0.15) is 5.10 Å². The lowest BCUT2D eigenvalue weighted by atomic mass is 10.1. The molecule has 0 aliphatic rings. The second-order valence-electron chi connectivity index (χ2n) is 5.56. The molecule has 1 aromatic heterocycles. The predicted molar refractivity (Wildman–Crippen MR) is 74.6 cm³/mol. The topological polar surface area (TPSA) is 50.9 Å². The third-order valence-electron chi connectivity index (χ3n) is 3.11. The number of aliphatic hydroxyl groups is 1. The van der Waals surface area contributed by atoms with Crippen LogP contribution in [0, 0.1) is 17.6 Å². The van der Waals surface area contributed by atoms with Gasteiger partial charge in [0.2, 0.25) is 0 Å². The molecule has 1 atom stereocenters. The molecule has 0 radical (unpaired) electrons. The summed E-state index contributed by atoms with van der Waals surface area (Å²) in [6, 6.07) is 3.65. The summed E-state index contributed by atoms with van der Waals surface area (Å²) >= 11 is 0. The molecule has 2 aromatic rings. The Labute approximate surface area is 122 Å². The number of hydrogen-bond acceptors (Lipinski definition) is 3. The van der Waals surface area contributed by atoms with Crippen LogP contribution < -0.4 is 0 Å². The third-order valence-corrected chi connectivity index (χ3v) is 3.11. The van der Waals surface area contributed by atoms with E-state index in [9.17, 15) is 13.9 Å². The smallest absolute Gasteiger partial charge is 0.159 e. The first-order valence-corrected chi connectivity index (χ1v) is 6.94. The Morgan fingerprint density at radius 3 is 2.62 bits per heavy atom. The van der Waals surface area contributed by atoms with Crippen LogP contribution >= 0.6 is 0 Å². The van der Waals surface area contributed by atoms with Gasteiger partial charge in [0.25, 0.3) is 0 Å². The number of halogens is 2. The highest BCUT2D eigenvalue weighted by Gasteiger charge is 2.14. The summed E-state index contributed by atoms with van der Waals surface area (Å²) in [6.45, 7) is 4.87. The fraction of sp³-hybridized carbons (Fsp3) is 0.467. The number of rotatable bonds is 6. The first kappa shape index (κ1) is 15.6. The highest BCUT2D eigenvalue weighted by Crippen LogP contribution is 2.12. The van der Waals surface area contributed by atoms with Gasteiger partial charge in [0, 0.05) is 13.0 Å². The van der Waals surface area contributed by atoms with Crippen LogP contribution in [0.1, 0.15) is 25.2 Å². The summed E-state index contributed by atoms with van der Waals surface area (Å²) in [5, 5.41) is 14.2. The quantitative estimate of drug-likeness (QED) is 0.890. The first-order chi connectivity index (χ1) is 9.95. The van der Waals surface area contributed by atoms with Crippen molar-refractivity contribution in [3.8, 4) is 0 Å². The molecule has 0 amide bonds. The van der Waals surface area contributed by atoms with Crippen LogP contribution in [0.25, 0.3) is 0 Å². The van der Waals surface area contributed by atoms with Crippen molar-refractivity contribution in [3.63, 3.8) is 0 Å². The summed E-state index contributed by atoms with van der Waals surface area (Å²) in [7, 11) is 0. The summed E-state index contributed by atoms with van der Waals surface area (Å²) in [6.07, 6.45) is 1.31. The van der Waals surface area contributed by atoms with E-state index < -0.39 is 17.7 Å². The Hall–Kier alpha value is -1.82. The van der Waals surface area contributed by atoms with Gasteiger partial charge in [0.15, 0.2) is 11.6 Å². The SMILES string of the molecule is CC(C)Cn1ncnc1CC(O)Cc1ccc(F)c(F)c1. The third kappa shape index (κ3) is 4.32. The molecule has 0 saturated heterocycles. The molecule has 2 rings (SSSR count). The van der Waals surface area contributed by atoms with Gasteiger partial charge in [-0.3, -0.25) is 0 Å². The number of aromatic nitrogens is 3. The Balaban J connectivity index is 1.99. The number of nitrogens with zero attached hydrogens (tertiary/aromatic N) is 3. The van der Waals surface area contributed by atoms with Gasteiger partial charge in [-0.15, -0.1) is 0 Å². The van der Waals surface area contributed by atoms with E-state index in [-0.39, 0.29) is 6.42 Å². The van der Waals surface area contributed by atoms with Crippen molar-refractivity contribution in [2.24, 2.45) is 5.92 Å². The standard InChI is InChI=1S/C15H19F2N3O/c1-10(2)8-20-15(18-9-19-20)7-12(21)5-11-3-4-13(16)14(17)6-11/h3-4,6,9-10,12,21H,5,7-8H2,1-2H3. The van der Waals surface area contributed by atoms with Gasteiger partial charge in [0.1, 0.15) is 12.2 Å². The van der Waals surface area contributed by atoms with Gasteiger partial charge in [0.05, 0.1) is 6.10 Å². The molecule has 0 saturated carbocycles. The maximum atomic E-state index is 13.1. The lowest BCUT2D eigenvalue weighted by molar-refractivity contribution is 0.170. The van der Waals surface area contributed by atoms with Crippen molar-refractivity contribution in [1.82, 2.24) is 14.8 Å². The minimum Gasteiger partial charge on any atom is -0.392 e. The van der Waals surface area contributed by atoms with Crippen molar-refractivity contribution >= 4 is 0 Å². The van der Waals surface area contributed by atoms with Crippen LogP contribution in [0.15, 0.2) is 24.5 Å². The molecule has 4 nitrogen and oxygen atoms in total. The normalized spacial score (nSPS) is 12.9. The van der Waals surface area contributed by atoms with Gasteiger partial charge in [-0.25, -0.2) is 18.4 Å². The first-order valence-electron chi connectivity index (χ1n) is 6.94. The molecule has 1 aromatic carbocycles. The minimum absolute atomic E-state index is 0.242. The number of benzene rings is 1. The highest BCUT2D eigenvalue weighted by atomic mass is 19.2. The van der Waals surface area contributed by atoms with Gasteiger partial charge in [-0.1, -0.05) is 19.9 Å². The Morgan fingerprint density at radius 2 is 1.95 bits per heavy atom. The lowest BCUT2D eigenvalue weighted by Gasteiger charge is -2.12. The second kappa shape index (κ2) is 6.76. The molecule has 0 aliphatic carbocycles. The largest absolute Gasteiger partial charge is 0.392 e. The Morgan fingerprint density at radius 1 is 1.19 bits per heavy atom. The summed E-state index contributed by atoms with van der Waals surface area (Å²) in [5.74, 6) is -0.667. The van der Waals surface area contributed by atoms with E-state index in [4.69, 9.17) is 0 Å². The molecule has 0 bridgehead atoms. The second-order valence-corrected chi connectivity index (χ2v) is 5.56. The number of hydrogen-bond donors (Lipinski definition) is 1. The fourth-order valence-electron chi connectivity index (χ4n) is 2.17. The van der Waals surface area contributed by atoms with Crippen molar-refractivity contribution in [1.29, 1.82) is 0 Å². The average Bonchev–Trinajstić information content (AvgIpc) is 2.80. The summed E-state index contributed by atoms with van der Waals surface area (Å²) in [5.41, 5.74) is 0.552. The van der Waals surface area contributed by atoms with Gasteiger partial charge >= 0.3 is 0 Å². The summed E-state index contributed by atoms with van der Waals surface area (Å²) in [4.78, 5) is 4.14. The molecule has 1 N–H and O–H groups in total. The molecule has 21 heavy (non-hydrogen) atoms. The van der Waals surface area contributed by atoms with E-state index in [1.165, 1.54) is 12.4 Å². The Kier molecular flexibility index (Phi) is 5.01. The minimum atomic E-state index is -0.900. The van der Waals surface area contributed by atoms with E-state index in [0.717, 1.165) is 18.7 Å². The van der Waals surface area contributed by atoms with Gasteiger partial charge < -0.3 is 5.11 Å². The zero-order valence-electron chi connectivity index (χ0n) is 12.1. The summed E-state index contributed by atoms with van der Waals surface area (Å²) < 4.78 is 27.8. The molecule has 0 spiro atoms. The molecule has 114 valence electrons. The molecular weight excluding hydrogens is 276 g/mol. The average molecular weight is 295 g/mol. The van der Waals surface area contributed by atoms with Gasteiger partial charge in [-0.05, 0) is 30.0 Å². The maximum absolute atomic E-state index is 13.1. The fourth-order valence-corrected chi connectivity index (χ4v) is 2.17. The van der Waals surface area contributed by atoms with Crippen molar-refractivity contribution in [2.45, 2.75) is 39.3 Å². The molecule has 0 fully saturated rings. The maximum Gasteiger partial charge on any atom is 0.159 e. The highest BCUT2D eigenvalue weighted by molar-refractivity contribution is 5.18. The van der Waals surface area contributed by atoms with Crippen LogP contribution in [0.3, 0.4) is 0 Å². The van der Waals surface area contributed by atoms with E-state index >= 15 is 0 Å². The molecular formula is C15H19F2N3O. The van der Waals surface area contributed by atoms with Crippen LogP contribution in [0.2, 0.25) is 0 Å². The van der Waals surface area contributed by atoms with Crippen molar-refractivity contribution in [2.75, 3.05) is 0 Å². The zero-order chi connectivity index (χ0) is 15.4. The molecule has 0 aliphatic heterocycles. The van der Waals surface area contributed by atoms with E-state index in [1.807, 2.05) is 0 Å². The molecule has 1 heterocycles.